The summed E-state index contributed by atoms with van der Waals surface area (Å²) in [6.45, 7) is 1.72. The number of nitrogens with zero attached hydrogens (tertiary/aromatic N) is 2. The molecule has 0 aliphatic rings. The number of hydrogen-bond acceptors (Lipinski definition) is 5. The van der Waals surface area contributed by atoms with Gasteiger partial charge in [-0.3, -0.25) is 4.72 Å². The minimum Gasteiger partial charge on any atom is -0.441 e. The normalized spacial score (nSPS) is 11.3. The van der Waals surface area contributed by atoms with Gasteiger partial charge in [0.15, 0.2) is 11.5 Å². The fourth-order valence-corrected chi connectivity index (χ4v) is 3.15. The number of anilines is 1. The van der Waals surface area contributed by atoms with Crippen molar-refractivity contribution in [3.05, 3.63) is 53.9 Å². The smallest absolute Gasteiger partial charge is 0.261 e. The Morgan fingerprint density at radius 3 is 2.82 bits per heavy atom. The first kappa shape index (κ1) is 14.1. The van der Waals surface area contributed by atoms with Crippen LogP contribution in [0.25, 0.3) is 11.1 Å². The maximum atomic E-state index is 12.3. The van der Waals surface area contributed by atoms with Crippen LogP contribution in [0.4, 0.5) is 5.69 Å². The van der Waals surface area contributed by atoms with Crippen LogP contribution in [-0.2, 0) is 10.0 Å². The Morgan fingerprint density at radius 1 is 1.23 bits per heavy atom. The molecule has 22 heavy (non-hydrogen) atoms. The van der Waals surface area contributed by atoms with E-state index in [0.717, 1.165) is 0 Å². The molecule has 0 bridgehead atoms. The molecule has 0 radical (unpaired) electrons. The maximum Gasteiger partial charge on any atom is 0.261 e. The second-order valence-electron chi connectivity index (χ2n) is 4.66. The summed E-state index contributed by atoms with van der Waals surface area (Å²) in [4.78, 5) is 4.19. The topological polar surface area (TPSA) is 96.0 Å². The molecule has 6 nitrogen and oxygen atoms in total. The van der Waals surface area contributed by atoms with Gasteiger partial charge in [0.1, 0.15) is 5.52 Å². The van der Waals surface area contributed by atoms with Gasteiger partial charge in [0.2, 0.25) is 0 Å². The van der Waals surface area contributed by atoms with E-state index < -0.39 is 10.0 Å². The maximum absolute atomic E-state index is 12.3. The van der Waals surface area contributed by atoms with E-state index in [1.54, 1.807) is 31.2 Å². The summed E-state index contributed by atoms with van der Waals surface area (Å²) in [5.41, 5.74) is 1.82. The van der Waals surface area contributed by atoms with Gasteiger partial charge < -0.3 is 4.42 Å². The Kier molecular flexibility index (Phi) is 3.31. The van der Waals surface area contributed by atoms with Crippen molar-refractivity contribution in [2.24, 2.45) is 0 Å². The molecule has 0 spiro atoms. The Labute approximate surface area is 127 Å². The van der Waals surface area contributed by atoms with Crippen molar-refractivity contribution in [1.82, 2.24) is 4.98 Å². The third-order valence-corrected chi connectivity index (χ3v) is 4.40. The molecule has 7 heteroatoms. The molecule has 0 unspecified atom stereocenters. The van der Waals surface area contributed by atoms with Crippen molar-refractivity contribution in [1.29, 1.82) is 5.26 Å². The SMILES string of the molecule is Cc1nc2cc(NS(=O)(=O)c3cccc(C#N)c3)ccc2o1. The number of fused-ring (bicyclic) bond motifs is 1. The van der Waals surface area contributed by atoms with Crippen LogP contribution < -0.4 is 4.72 Å². The van der Waals surface area contributed by atoms with E-state index in [4.69, 9.17) is 9.68 Å². The fraction of sp³-hybridized carbons (Fsp3) is 0.0667. The summed E-state index contributed by atoms with van der Waals surface area (Å²) in [6.07, 6.45) is 0. The molecule has 3 rings (SSSR count). The average molecular weight is 313 g/mol. The highest BCUT2D eigenvalue weighted by molar-refractivity contribution is 7.92. The van der Waals surface area contributed by atoms with Gasteiger partial charge in [-0.15, -0.1) is 0 Å². The summed E-state index contributed by atoms with van der Waals surface area (Å²) < 4.78 is 32.5. The zero-order chi connectivity index (χ0) is 15.7. The first-order valence-electron chi connectivity index (χ1n) is 6.38. The van der Waals surface area contributed by atoms with Crippen LogP contribution in [0.15, 0.2) is 51.8 Å². The predicted molar refractivity (Wildman–Crippen MR) is 80.7 cm³/mol. The van der Waals surface area contributed by atoms with Crippen molar-refractivity contribution in [2.75, 3.05) is 4.72 Å². The predicted octanol–water partition coefficient (Wildman–Crippen LogP) is 2.81. The largest absolute Gasteiger partial charge is 0.441 e. The van der Waals surface area contributed by atoms with Gasteiger partial charge in [0.25, 0.3) is 10.0 Å². The molecule has 0 saturated heterocycles. The van der Waals surface area contributed by atoms with Crippen molar-refractivity contribution in [3.8, 4) is 6.07 Å². The molecule has 1 N–H and O–H groups in total. The van der Waals surface area contributed by atoms with Gasteiger partial charge in [0.05, 0.1) is 22.2 Å². The number of oxazole rings is 1. The average Bonchev–Trinajstić information content (AvgIpc) is 2.86. The van der Waals surface area contributed by atoms with Crippen LogP contribution in [0.3, 0.4) is 0 Å². The second-order valence-corrected chi connectivity index (χ2v) is 6.34. The van der Waals surface area contributed by atoms with E-state index >= 15 is 0 Å². The molecule has 3 aromatic rings. The van der Waals surface area contributed by atoms with E-state index in [-0.39, 0.29) is 10.5 Å². The minimum absolute atomic E-state index is 0.0305. The molecule has 2 aromatic carbocycles. The van der Waals surface area contributed by atoms with E-state index in [0.29, 0.717) is 22.7 Å². The Bertz CT molecular complexity index is 1000. The number of aromatic nitrogens is 1. The third kappa shape index (κ3) is 2.64. The molecule has 0 aliphatic carbocycles. The number of hydrogen-bond donors (Lipinski definition) is 1. The molecule has 1 heterocycles. The number of rotatable bonds is 3. The van der Waals surface area contributed by atoms with E-state index in [9.17, 15) is 8.42 Å². The monoisotopic (exact) mass is 313 g/mol. The molecule has 0 aliphatic heterocycles. The highest BCUT2D eigenvalue weighted by Crippen LogP contribution is 2.22. The van der Waals surface area contributed by atoms with Crippen LogP contribution in [0, 0.1) is 18.3 Å². The summed E-state index contributed by atoms with van der Waals surface area (Å²) in [7, 11) is -3.77. The van der Waals surface area contributed by atoms with Crippen LogP contribution in [0.1, 0.15) is 11.5 Å². The second kappa shape index (κ2) is 5.16. The lowest BCUT2D eigenvalue weighted by atomic mass is 10.2. The Hall–Kier alpha value is -2.85. The number of sulfonamides is 1. The van der Waals surface area contributed by atoms with E-state index in [1.807, 2.05) is 6.07 Å². The third-order valence-electron chi connectivity index (χ3n) is 3.02. The number of aryl methyl sites for hydroxylation is 1. The van der Waals surface area contributed by atoms with E-state index in [2.05, 4.69) is 9.71 Å². The minimum atomic E-state index is -3.77. The molecular weight excluding hydrogens is 302 g/mol. The van der Waals surface area contributed by atoms with Gasteiger partial charge >= 0.3 is 0 Å². The lowest BCUT2D eigenvalue weighted by Crippen LogP contribution is -2.13. The first-order valence-corrected chi connectivity index (χ1v) is 7.86. The van der Waals surface area contributed by atoms with Gasteiger partial charge in [-0.25, -0.2) is 13.4 Å². The highest BCUT2D eigenvalue weighted by atomic mass is 32.2. The van der Waals surface area contributed by atoms with Crippen LogP contribution >= 0.6 is 0 Å². The van der Waals surface area contributed by atoms with Gasteiger partial charge in [-0.2, -0.15) is 5.26 Å². The van der Waals surface area contributed by atoms with Crippen molar-refractivity contribution in [2.45, 2.75) is 11.8 Å². The lowest BCUT2D eigenvalue weighted by Gasteiger charge is -2.08. The summed E-state index contributed by atoms with van der Waals surface area (Å²) in [5, 5.41) is 8.85. The van der Waals surface area contributed by atoms with Crippen molar-refractivity contribution in [3.63, 3.8) is 0 Å². The number of benzene rings is 2. The quantitative estimate of drug-likeness (QED) is 0.802. The van der Waals surface area contributed by atoms with Gasteiger partial charge in [-0.1, -0.05) is 6.07 Å². The standard InChI is InChI=1S/C15H11N3O3S/c1-10-17-14-8-12(5-6-15(14)21-10)18-22(19,20)13-4-2-3-11(7-13)9-16/h2-8,18H,1H3. The van der Waals surface area contributed by atoms with Crippen molar-refractivity contribution < 1.29 is 12.8 Å². The molecule has 110 valence electrons. The van der Waals surface area contributed by atoms with Crippen LogP contribution in [-0.4, -0.2) is 13.4 Å². The van der Waals surface area contributed by atoms with Crippen LogP contribution in [0.5, 0.6) is 0 Å². The van der Waals surface area contributed by atoms with Crippen molar-refractivity contribution >= 4 is 26.8 Å². The zero-order valence-electron chi connectivity index (χ0n) is 11.6. The van der Waals surface area contributed by atoms with Gasteiger partial charge in [-0.05, 0) is 36.4 Å². The molecule has 0 amide bonds. The Morgan fingerprint density at radius 2 is 2.05 bits per heavy atom. The molecule has 0 saturated carbocycles. The summed E-state index contributed by atoms with van der Waals surface area (Å²) in [6, 6.07) is 12.6. The van der Waals surface area contributed by atoms with Crippen LogP contribution in [0.2, 0.25) is 0 Å². The zero-order valence-corrected chi connectivity index (χ0v) is 12.4. The fourth-order valence-electron chi connectivity index (χ4n) is 2.05. The Balaban J connectivity index is 1.96. The first-order chi connectivity index (χ1) is 10.5. The summed E-state index contributed by atoms with van der Waals surface area (Å²) >= 11 is 0. The number of nitriles is 1. The number of nitrogens with one attached hydrogen (secondary N) is 1. The highest BCUT2D eigenvalue weighted by Gasteiger charge is 2.15. The lowest BCUT2D eigenvalue weighted by molar-refractivity contribution is 0.561. The molecule has 0 fully saturated rings. The molecule has 0 atom stereocenters. The summed E-state index contributed by atoms with van der Waals surface area (Å²) in [5.74, 6) is 0.511. The molecular formula is C15H11N3O3S. The van der Waals surface area contributed by atoms with Gasteiger partial charge in [0, 0.05) is 6.92 Å². The van der Waals surface area contributed by atoms with E-state index in [1.165, 1.54) is 18.2 Å². The molecule has 1 aromatic heterocycles.